The van der Waals surface area contributed by atoms with Crippen LogP contribution >= 0.6 is 15.9 Å². The Labute approximate surface area is 118 Å². The van der Waals surface area contributed by atoms with Gasteiger partial charge in [0, 0.05) is 16.7 Å². The highest BCUT2D eigenvalue weighted by molar-refractivity contribution is 9.10. The predicted octanol–water partition coefficient (Wildman–Crippen LogP) is 1.28. The molecule has 19 heavy (non-hydrogen) atoms. The Hall–Kier alpha value is -0.770. The number of anilines is 1. The minimum atomic E-state index is -4.11. The number of nitrogens with two attached hydrogens (primary N) is 1. The van der Waals surface area contributed by atoms with E-state index in [1.165, 1.54) is 18.2 Å². The number of rotatable bonds is 6. The van der Waals surface area contributed by atoms with E-state index in [0.717, 1.165) is 0 Å². The van der Waals surface area contributed by atoms with Crippen molar-refractivity contribution < 1.29 is 22.3 Å². The van der Waals surface area contributed by atoms with Crippen LogP contribution in [-0.4, -0.2) is 44.0 Å². The third kappa shape index (κ3) is 4.10. The van der Waals surface area contributed by atoms with Crippen LogP contribution in [0.2, 0.25) is 0 Å². The van der Waals surface area contributed by atoms with E-state index < -0.39 is 36.1 Å². The van der Waals surface area contributed by atoms with Crippen LogP contribution in [-0.2, 0) is 10.0 Å². The molecular formula is C10H13BrF2N2O3S. The van der Waals surface area contributed by atoms with Crippen molar-refractivity contribution in [3.63, 3.8) is 0 Å². The van der Waals surface area contributed by atoms with Crippen LogP contribution in [0.15, 0.2) is 27.6 Å². The molecule has 3 N–H and O–H groups in total. The summed E-state index contributed by atoms with van der Waals surface area (Å²) in [6.07, 6.45) is -2.82. The maximum absolute atomic E-state index is 12.4. The van der Waals surface area contributed by atoms with Crippen LogP contribution in [0.3, 0.4) is 0 Å². The Morgan fingerprint density at radius 2 is 2.05 bits per heavy atom. The zero-order chi connectivity index (χ0) is 14.6. The largest absolute Gasteiger partial charge is 0.398 e. The lowest BCUT2D eigenvalue weighted by atomic mass is 10.3. The highest BCUT2D eigenvalue weighted by atomic mass is 79.9. The van der Waals surface area contributed by atoms with Gasteiger partial charge in [-0.05, 0) is 34.1 Å². The van der Waals surface area contributed by atoms with Crippen LogP contribution < -0.4 is 5.73 Å². The summed E-state index contributed by atoms with van der Waals surface area (Å²) < 4.78 is 50.1. The highest BCUT2D eigenvalue weighted by Gasteiger charge is 2.27. The zero-order valence-electron chi connectivity index (χ0n) is 9.76. The lowest BCUT2D eigenvalue weighted by Gasteiger charge is -2.21. The molecule has 0 heterocycles. The number of alkyl halides is 2. The van der Waals surface area contributed by atoms with Crippen molar-refractivity contribution in [3.8, 4) is 0 Å². The number of halogens is 3. The molecule has 0 saturated heterocycles. The van der Waals surface area contributed by atoms with Crippen molar-refractivity contribution in [1.82, 2.24) is 4.31 Å². The molecule has 5 nitrogen and oxygen atoms in total. The predicted molar refractivity (Wildman–Crippen MR) is 70.4 cm³/mol. The molecule has 0 fully saturated rings. The highest BCUT2D eigenvalue weighted by Crippen LogP contribution is 2.25. The van der Waals surface area contributed by atoms with Gasteiger partial charge in [-0.2, -0.15) is 4.31 Å². The third-order valence-corrected chi connectivity index (χ3v) is 4.88. The standard InChI is InChI=1S/C10H13BrF2N2O3S/c11-8-2-1-7(5-9(8)14)19(17,18)15(3-4-16)6-10(12)13/h1-2,5,10,16H,3-4,6,14H2. The van der Waals surface area contributed by atoms with Crippen LogP contribution in [0.1, 0.15) is 0 Å². The molecule has 9 heteroatoms. The summed E-state index contributed by atoms with van der Waals surface area (Å²) in [7, 11) is -4.11. The molecule has 0 radical (unpaired) electrons. The molecular weight excluding hydrogens is 346 g/mol. The van der Waals surface area contributed by atoms with Gasteiger partial charge < -0.3 is 10.8 Å². The van der Waals surface area contributed by atoms with Gasteiger partial charge in [0.25, 0.3) is 6.43 Å². The fourth-order valence-corrected chi connectivity index (χ4v) is 3.10. The fourth-order valence-electron chi connectivity index (χ4n) is 1.41. The topological polar surface area (TPSA) is 83.6 Å². The molecule has 0 atom stereocenters. The maximum atomic E-state index is 12.4. The number of hydrogen-bond acceptors (Lipinski definition) is 4. The van der Waals surface area contributed by atoms with Crippen molar-refractivity contribution in [1.29, 1.82) is 0 Å². The lowest BCUT2D eigenvalue weighted by Crippen LogP contribution is -2.37. The number of sulfonamides is 1. The molecule has 108 valence electrons. The van der Waals surface area contributed by atoms with Gasteiger partial charge in [-0.3, -0.25) is 0 Å². The molecule has 1 aromatic rings. The first-order chi connectivity index (χ1) is 8.78. The second-order valence-corrected chi connectivity index (χ2v) is 6.45. The summed E-state index contributed by atoms with van der Waals surface area (Å²) in [5, 5.41) is 8.78. The third-order valence-electron chi connectivity index (χ3n) is 2.30. The average Bonchev–Trinajstić information content (AvgIpc) is 2.31. The van der Waals surface area contributed by atoms with Gasteiger partial charge in [0.2, 0.25) is 10.0 Å². The molecule has 0 aromatic heterocycles. The number of benzene rings is 1. The number of hydrogen-bond donors (Lipinski definition) is 2. The van der Waals surface area contributed by atoms with Gasteiger partial charge in [0.1, 0.15) is 0 Å². The first-order valence-corrected chi connectivity index (χ1v) is 7.46. The fraction of sp³-hybridized carbons (Fsp3) is 0.400. The van der Waals surface area contributed by atoms with Crippen molar-refractivity contribution in [3.05, 3.63) is 22.7 Å². The second-order valence-electron chi connectivity index (χ2n) is 3.66. The van der Waals surface area contributed by atoms with E-state index in [2.05, 4.69) is 15.9 Å². The number of aliphatic hydroxyl groups is 1. The Morgan fingerprint density at radius 1 is 1.42 bits per heavy atom. The van der Waals surface area contributed by atoms with Gasteiger partial charge in [-0.1, -0.05) is 0 Å². The zero-order valence-corrected chi connectivity index (χ0v) is 12.2. The molecule has 1 aromatic carbocycles. The smallest absolute Gasteiger partial charge is 0.252 e. The summed E-state index contributed by atoms with van der Waals surface area (Å²) in [4.78, 5) is -0.192. The molecule has 0 aliphatic carbocycles. The van der Waals surface area contributed by atoms with Crippen LogP contribution in [0.25, 0.3) is 0 Å². The molecule has 0 unspecified atom stereocenters. The minimum absolute atomic E-state index is 0.182. The van der Waals surface area contributed by atoms with E-state index in [9.17, 15) is 17.2 Å². The number of nitrogens with zero attached hydrogens (tertiary/aromatic N) is 1. The van der Waals surface area contributed by atoms with Crippen LogP contribution in [0.5, 0.6) is 0 Å². The SMILES string of the molecule is Nc1cc(S(=O)(=O)N(CCO)CC(F)F)ccc1Br. The molecule has 0 aliphatic heterocycles. The van der Waals surface area contributed by atoms with E-state index in [0.29, 0.717) is 8.78 Å². The Balaban J connectivity index is 3.14. The van der Waals surface area contributed by atoms with Gasteiger partial charge in [-0.15, -0.1) is 0 Å². The second kappa shape index (κ2) is 6.60. The first kappa shape index (κ1) is 16.3. The average molecular weight is 359 g/mol. The number of aliphatic hydroxyl groups excluding tert-OH is 1. The monoisotopic (exact) mass is 358 g/mol. The molecule has 0 saturated carbocycles. The van der Waals surface area contributed by atoms with E-state index in [4.69, 9.17) is 10.8 Å². The van der Waals surface area contributed by atoms with Gasteiger partial charge in [-0.25, -0.2) is 17.2 Å². The quantitative estimate of drug-likeness (QED) is 0.750. The van der Waals surface area contributed by atoms with Crippen LogP contribution in [0, 0.1) is 0 Å². The van der Waals surface area contributed by atoms with E-state index in [1.54, 1.807) is 0 Å². The molecule has 0 spiro atoms. The van der Waals surface area contributed by atoms with E-state index in [1.807, 2.05) is 0 Å². The lowest BCUT2D eigenvalue weighted by molar-refractivity contribution is 0.113. The Bertz CT molecular complexity index is 540. The first-order valence-electron chi connectivity index (χ1n) is 5.23. The van der Waals surface area contributed by atoms with Crippen molar-refractivity contribution in [2.45, 2.75) is 11.3 Å². The normalized spacial score (nSPS) is 12.3. The number of nitrogen functional groups attached to an aromatic ring is 1. The summed E-state index contributed by atoms with van der Waals surface area (Å²) in [5.74, 6) is 0. The van der Waals surface area contributed by atoms with Crippen molar-refractivity contribution in [2.24, 2.45) is 0 Å². The molecule has 0 bridgehead atoms. The van der Waals surface area contributed by atoms with Gasteiger partial charge >= 0.3 is 0 Å². The van der Waals surface area contributed by atoms with Gasteiger partial charge in [0.15, 0.2) is 0 Å². The molecule has 1 rings (SSSR count). The Morgan fingerprint density at radius 3 is 2.53 bits per heavy atom. The van der Waals surface area contributed by atoms with Gasteiger partial charge in [0.05, 0.1) is 18.0 Å². The molecule has 0 aliphatic rings. The minimum Gasteiger partial charge on any atom is -0.398 e. The van der Waals surface area contributed by atoms with Crippen molar-refractivity contribution >= 4 is 31.6 Å². The van der Waals surface area contributed by atoms with Crippen LogP contribution in [0.4, 0.5) is 14.5 Å². The summed E-state index contributed by atoms with van der Waals surface area (Å²) >= 11 is 3.11. The summed E-state index contributed by atoms with van der Waals surface area (Å²) in [6.45, 7) is -1.92. The maximum Gasteiger partial charge on any atom is 0.252 e. The summed E-state index contributed by atoms with van der Waals surface area (Å²) in [5.41, 5.74) is 5.75. The molecule has 0 amide bonds. The van der Waals surface area contributed by atoms with Crippen molar-refractivity contribution in [2.75, 3.05) is 25.4 Å². The van der Waals surface area contributed by atoms with E-state index >= 15 is 0 Å². The van der Waals surface area contributed by atoms with E-state index in [-0.39, 0.29) is 10.6 Å². The Kier molecular flexibility index (Phi) is 5.65. The summed E-state index contributed by atoms with van der Waals surface area (Å²) in [6, 6.07) is 3.85.